The molecule has 0 aliphatic carbocycles. The second-order valence-electron chi connectivity index (χ2n) is 2.55. The van der Waals surface area contributed by atoms with Gasteiger partial charge in [-0.05, 0) is 23.9 Å². The second kappa shape index (κ2) is 3.06. The number of thiophene rings is 1. The summed E-state index contributed by atoms with van der Waals surface area (Å²) in [4.78, 5) is 0.167. The fraction of sp³-hybridized carbons (Fsp3) is 0.429. The molecule has 12 heavy (non-hydrogen) atoms. The Hall–Kier alpha value is -0.550. The van der Waals surface area contributed by atoms with Crippen LogP contribution < -0.4 is 5.73 Å². The lowest BCUT2D eigenvalue weighted by molar-refractivity contribution is -0.148. The van der Waals surface area contributed by atoms with Gasteiger partial charge in [-0.3, -0.25) is 0 Å². The van der Waals surface area contributed by atoms with Crippen LogP contribution in [0.5, 0.6) is 0 Å². The molecule has 1 unspecified atom stereocenters. The van der Waals surface area contributed by atoms with Crippen molar-refractivity contribution in [2.24, 2.45) is 5.73 Å². The summed E-state index contributed by atoms with van der Waals surface area (Å²) in [5, 5.41) is 1.65. The fourth-order valence-corrected chi connectivity index (χ4v) is 1.70. The normalized spacial score (nSPS) is 14.8. The van der Waals surface area contributed by atoms with E-state index < -0.39 is 12.2 Å². The molecule has 1 rings (SSSR count). The first kappa shape index (κ1) is 9.54. The van der Waals surface area contributed by atoms with Crippen molar-refractivity contribution in [2.75, 3.05) is 0 Å². The van der Waals surface area contributed by atoms with Crippen LogP contribution in [0.25, 0.3) is 0 Å². The standard InChI is InChI=1S/C7H8F3NS/c1-4-2-5(12-3-4)6(11)7(8,9)10/h2-3,6H,11H2,1H3. The molecule has 68 valence electrons. The van der Waals surface area contributed by atoms with Crippen LogP contribution in [0.3, 0.4) is 0 Å². The second-order valence-corrected chi connectivity index (χ2v) is 3.49. The Morgan fingerprint density at radius 3 is 2.42 bits per heavy atom. The molecule has 0 radical (unpaired) electrons. The fourth-order valence-electron chi connectivity index (χ4n) is 0.778. The molecule has 1 nitrogen and oxygen atoms in total. The number of hydrogen-bond acceptors (Lipinski definition) is 2. The lowest BCUT2D eigenvalue weighted by atomic mass is 10.2. The van der Waals surface area contributed by atoms with E-state index in [9.17, 15) is 13.2 Å². The predicted molar refractivity (Wildman–Crippen MR) is 42.0 cm³/mol. The van der Waals surface area contributed by atoms with E-state index >= 15 is 0 Å². The van der Waals surface area contributed by atoms with Crippen LogP contribution >= 0.6 is 11.3 Å². The first-order chi connectivity index (χ1) is 5.41. The number of aryl methyl sites for hydroxylation is 1. The van der Waals surface area contributed by atoms with E-state index in [0.29, 0.717) is 0 Å². The van der Waals surface area contributed by atoms with E-state index in [2.05, 4.69) is 0 Å². The Kier molecular flexibility index (Phi) is 2.44. The maximum Gasteiger partial charge on any atom is 0.408 e. The van der Waals surface area contributed by atoms with Crippen molar-refractivity contribution in [3.63, 3.8) is 0 Å². The van der Waals surface area contributed by atoms with Crippen LogP contribution in [-0.4, -0.2) is 6.18 Å². The molecule has 1 atom stereocenters. The van der Waals surface area contributed by atoms with E-state index in [4.69, 9.17) is 5.73 Å². The zero-order valence-electron chi connectivity index (χ0n) is 6.35. The van der Waals surface area contributed by atoms with Crippen molar-refractivity contribution in [3.8, 4) is 0 Å². The monoisotopic (exact) mass is 195 g/mol. The molecule has 0 amide bonds. The van der Waals surface area contributed by atoms with Gasteiger partial charge in [0.25, 0.3) is 0 Å². The minimum absolute atomic E-state index is 0.167. The lowest BCUT2D eigenvalue weighted by Crippen LogP contribution is -2.27. The molecule has 5 heteroatoms. The number of rotatable bonds is 1. The molecule has 1 aromatic rings. The number of alkyl halides is 3. The zero-order valence-corrected chi connectivity index (χ0v) is 7.17. The molecule has 0 bridgehead atoms. The molecule has 0 saturated carbocycles. The molecule has 0 fully saturated rings. The van der Waals surface area contributed by atoms with E-state index in [1.54, 1.807) is 12.3 Å². The van der Waals surface area contributed by atoms with Crippen LogP contribution in [0.15, 0.2) is 11.4 Å². The lowest BCUT2D eigenvalue weighted by Gasteiger charge is -2.12. The van der Waals surface area contributed by atoms with Gasteiger partial charge in [-0.15, -0.1) is 11.3 Å². The maximum absolute atomic E-state index is 12.0. The van der Waals surface area contributed by atoms with Crippen LogP contribution in [0, 0.1) is 6.92 Å². The van der Waals surface area contributed by atoms with Crippen molar-refractivity contribution in [1.82, 2.24) is 0 Å². The quantitative estimate of drug-likeness (QED) is 0.732. The van der Waals surface area contributed by atoms with Crippen molar-refractivity contribution in [3.05, 3.63) is 21.9 Å². The van der Waals surface area contributed by atoms with Gasteiger partial charge >= 0.3 is 6.18 Å². The number of nitrogens with two attached hydrogens (primary N) is 1. The Morgan fingerprint density at radius 1 is 1.50 bits per heavy atom. The maximum atomic E-state index is 12.0. The minimum atomic E-state index is -4.34. The van der Waals surface area contributed by atoms with Gasteiger partial charge in [-0.25, -0.2) is 0 Å². The van der Waals surface area contributed by atoms with Gasteiger partial charge in [0.2, 0.25) is 0 Å². The minimum Gasteiger partial charge on any atom is -0.316 e. The zero-order chi connectivity index (χ0) is 9.35. The van der Waals surface area contributed by atoms with Crippen molar-refractivity contribution < 1.29 is 13.2 Å². The summed E-state index contributed by atoms with van der Waals surface area (Å²) in [7, 11) is 0. The molecule has 0 aromatic carbocycles. The Labute approximate surface area is 72.0 Å². The van der Waals surface area contributed by atoms with Gasteiger partial charge in [-0.2, -0.15) is 13.2 Å². The summed E-state index contributed by atoms with van der Waals surface area (Å²) in [6, 6.07) is -0.376. The average Bonchev–Trinajstić information content (AvgIpc) is 2.32. The van der Waals surface area contributed by atoms with E-state index in [-0.39, 0.29) is 4.88 Å². The van der Waals surface area contributed by atoms with Gasteiger partial charge in [0.05, 0.1) is 0 Å². The van der Waals surface area contributed by atoms with Gasteiger partial charge in [0, 0.05) is 4.88 Å². The predicted octanol–water partition coefficient (Wildman–Crippen LogP) is 2.62. The number of hydrogen-bond donors (Lipinski definition) is 1. The molecule has 1 heterocycles. The third-order valence-electron chi connectivity index (χ3n) is 1.41. The van der Waals surface area contributed by atoms with Gasteiger partial charge in [0.15, 0.2) is 0 Å². The smallest absolute Gasteiger partial charge is 0.316 e. The topological polar surface area (TPSA) is 26.0 Å². The third kappa shape index (κ3) is 1.98. The summed E-state index contributed by atoms with van der Waals surface area (Å²) in [5.74, 6) is 0. The third-order valence-corrected chi connectivity index (χ3v) is 2.54. The molecular formula is C7H8F3NS. The summed E-state index contributed by atoms with van der Waals surface area (Å²) in [5.41, 5.74) is 5.79. The van der Waals surface area contributed by atoms with Crippen molar-refractivity contribution in [2.45, 2.75) is 19.1 Å². The van der Waals surface area contributed by atoms with E-state index in [1.165, 1.54) is 6.07 Å². The Morgan fingerprint density at radius 2 is 2.08 bits per heavy atom. The molecular weight excluding hydrogens is 187 g/mol. The first-order valence-corrected chi connectivity index (χ1v) is 4.16. The summed E-state index contributed by atoms with van der Waals surface area (Å²) >= 11 is 1.04. The SMILES string of the molecule is Cc1csc(C(N)C(F)(F)F)c1. The summed E-state index contributed by atoms with van der Waals surface area (Å²) in [6.45, 7) is 1.74. The Balaban J connectivity index is 2.85. The first-order valence-electron chi connectivity index (χ1n) is 3.28. The van der Waals surface area contributed by atoms with Crippen LogP contribution in [0.1, 0.15) is 16.5 Å². The molecule has 0 aliphatic rings. The highest BCUT2D eigenvalue weighted by Crippen LogP contribution is 2.33. The van der Waals surface area contributed by atoms with Gasteiger partial charge in [0.1, 0.15) is 6.04 Å². The molecule has 0 saturated heterocycles. The van der Waals surface area contributed by atoms with E-state index in [0.717, 1.165) is 16.9 Å². The van der Waals surface area contributed by atoms with E-state index in [1.807, 2.05) is 0 Å². The highest BCUT2D eigenvalue weighted by Gasteiger charge is 2.38. The van der Waals surface area contributed by atoms with Crippen LogP contribution in [0.4, 0.5) is 13.2 Å². The number of halogens is 3. The van der Waals surface area contributed by atoms with Gasteiger partial charge in [-0.1, -0.05) is 0 Å². The highest BCUT2D eigenvalue weighted by molar-refractivity contribution is 7.10. The molecule has 2 N–H and O–H groups in total. The Bertz CT molecular complexity index is 266. The summed E-state index contributed by atoms with van der Waals surface area (Å²) < 4.78 is 36.1. The van der Waals surface area contributed by atoms with Crippen molar-refractivity contribution >= 4 is 11.3 Å². The van der Waals surface area contributed by atoms with Crippen LogP contribution in [-0.2, 0) is 0 Å². The molecule has 0 aliphatic heterocycles. The van der Waals surface area contributed by atoms with Gasteiger partial charge < -0.3 is 5.73 Å². The molecule has 1 aromatic heterocycles. The summed E-state index contributed by atoms with van der Waals surface area (Å²) in [6.07, 6.45) is -4.34. The highest BCUT2D eigenvalue weighted by atomic mass is 32.1. The largest absolute Gasteiger partial charge is 0.408 e. The average molecular weight is 195 g/mol. The van der Waals surface area contributed by atoms with Crippen molar-refractivity contribution in [1.29, 1.82) is 0 Å². The molecule has 0 spiro atoms. The van der Waals surface area contributed by atoms with Crippen LogP contribution in [0.2, 0.25) is 0 Å².